The average molecular weight is 237 g/mol. The first-order chi connectivity index (χ1) is 8.19. The molecule has 2 rings (SSSR count). The van der Waals surface area contributed by atoms with Crippen LogP contribution in [0.3, 0.4) is 0 Å². The van der Waals surface area contributed by atoms with Gasteiger partial charge in [-0.05, 0) is 44.4 Å². The second kappa shape index (κ2) is 6.01. The van der Waals surface area contributed by atoms with Crippen molar-refractivity contribution in [1.29, 1.82) is 0 Å². The van der Waals surface area contributed by atoms with Gasteiger partial charge in [0.2, 0.25) is 0 Å². The number of aliphatic hydroxyl groups excluding tert-OH is 1. The molecule has 0 radical (unpaired) electrons. The van der Waals surface area contributed by atoms with Gasteiger partial charge in [-0.1, -0.05) is 31.4 Å². The molecule has 3 atom stereocenters. The molecule has 0 aromatic heterocycles. The second-order valence-corrected chi connectivity index (χ2v) is 6.13. The Morgan fingerprint density at radius 3 is 2.71 bits per heavy atom. The molecule has 0 saturated heterocycles. The normalized spacial score (nSPS) is 32.5. The maximum absolute atomic E-state index is 9.63. The van der Waals surface area contributed by atoms with E-state index in [2.05, 4.69) is 25.2 Å². The number of hydrogen-bond acceptors (Lipinski definition) is 2. The summed E-state index contributed by atoms with van der Waals surface area (Å²) in [5.41, 5.74) is 1.50. The number of hydrogen-bond donors (Lipinski definition) is 2. The predicted octanol–water partition coefficient (Wildman–Crippen LogP) is 2.87. The Kier molecular flexibility index (Phi) is 4.63. The van der Waals surface area contributed by atoms with Crippen LogP contribution in [0.25, 0.3) is 0 Å². The monoisotopic (exact) mass is 237 g/mol. The highest BCUT2D eigenvalue weighted by Crippen LogP contribution is 2.31. The molecule has 0 aromatic rings. The Labute approximate surface area is 105 Å². The lowest BCUT2D eigenvalue weighted by atomic mass is 9.79. The van der Waals surface area contributed by atoms with Gasteiger partial charge in [-0.2, -0.15) is 0 Å². The molecular formula is C15H27NO. The molecule has 2 N–H and O–H groups in total. The molecule has 0 aromatic carbocycles. The van der Waals surface area contributed by atoms with Crippen LogP contribution in [0, 0.1) is 11.8 Å². The van der Waals surface area contributed by atoms with Crippen LogP contribution in [0.15, 0.2) is 11.6 Å². The van der Waals surface area contributed by atoms with Crippen molar-refractivity contribution in [2.24, 2.45) is 11.8 Å². The van der Waals surface area contributed by atoms with Crippen molar-refractivity contribution in [2.75, 3.05) is 6.61 Å². The van der Waals surface area contributed by atoms with Crippen LogP contribution in [0.1, 0.15) is 52.4 Å². The summed E-state index contributed by atoms with van der Waals surface area (Å²) >= 11 is 0. The molecule has 2 aliphatic rings. The smallest absolute Gasteiger partial charge is 0.0587 e. The molecule has 2 nitrogen and oxygen atoms in total. The van der Waals surface area contributed by atoms with Crippen molar-refractivity contribution in [3.05, 3.63) is 11.6 Å². The quantitative estimate of drug-likeness (QED) is 0.737. The van der Waals surface area contributed by atoms with Gasteiger partial charge in [0.05, 0.1) is 6.61 Å². The summed E-state index contributed by atoms with van der Waals surface area (Å²) in [6.07, 6.45) is 10.1. The fourth-order valence-electron chi connectivity index (χ4n) is 3.64. The Bertz CT molecular complexity index is 268. The van der Waals surface area contributed by atoms with Crippen LogP contribution < -0.4 is 5.32 Å². The molecule has 98 valence electrons. The van der Waals surface area contributed by atoms with E-state index < -0.39 is 0 Å². The van der Waals surface area contributed by atoms with Gasteiger partial charge in [0, 0.05) is 12.1 Å². The number of rotatable bonds is 4. The van der Waals surface area contributed by atoms with E-state index in [1.807, 2.05) is 0 Å². The molecule has 0 spiro atoms. The van der Waals surface area contributed by atoms with Crippen molar-refractivity contribution in [2.45, 2.75) is 64.5 Å². The van der Waals surface area contributed by atoms with Crippen molar-refractivity contribution in [3.63, 3.8) is 0 Å². The van der Waals surface area contributed by atoms with Gasteiger partial charge >= 0.3 is 0 Å². The minimum atomic E-state index is 0.293. The fourth-order valence-corrected chi connectivity index (χ4v) is 3.64. The van der Waals surface area contributed by atoms with Gasteiger partial charge in [0.15, 0.2) is 0 Å². The van der Waals surface area contributed by atoms with Gasteiger partial charge in [-0.3, -0.25) is 0 Å². The molecular weight excluding hydrogens is 210 g/mol. The van der Waals surface area contributed by atoms with Gasteiger partial charge in [-0.25, -0.2) is 0 Å². The highest BCUT2D eigenvalue weighted by molar-refractivity contribution is 5.08. The van der Waals surface area contributed by atoms with Crippen LogP contribution in [-0.2, 0) is 0 Å². The predicted molar refractivity (Wildman–Crippen MR) is 71.9 cm³/mol. The lowest BCUT2D eigenvalue weighted by molar-refractivity contribution is 0.170. The fraction of sp³-hybridized carbons (Fsp3) is 0.867. The molecule has 17 heavy (non-hydrogen) atoms. The summed E-state index contributed by atoms with van der Waals surface area (Å²) in [6.45, 7) is 4.81. The van der Waals surface area contributed by atoms with Crippen molar-refractivity contribution in [3.8, 4) is 0 Å². The summed E-state index contributed by atoms with van der Waals surface area (Å²) < 4.78 is 0. The zero-order valence-corrected chi connectivity index (χ0v) is 11.3. The van der Waals surface area contributed by atoms with Gasteiger partial charge in [0.1, 0.15) is 0 Å². The lowest BCUT2D eigenvalue weighted by Crippen LogP contribution is -2.45. The third kappa shape index (κ3) is 3.56. The number of aliphatic hydroxyl groups is 1. The maximum Gasteiger partial charge on any atom is 0.0587 e. The van der Waals surface area contributed by atoms with Crippen molar-refractivity contribution < 1.29 is 5.11 Å². The van der Waals surface area contributed by atoms with E-state index in [-0.39, 0.29) is 0 Å². The van der Waals surface area contributed by atoms with Crippen LogP contribution in [0.4, 0.5) is 0 Å². The van der Waals surface area contributed by atoms with Gasteiger partial charge in [-0.15, -0.1) is 0 Å². The minimum Gasteiger partial charge on any atom is -0.395 e. The van der Waals surface area contributed by atoms with E-state index >= 15 is 0 Å². The largest absolute Gasteiger partial charge is 0.395 e. The summed E-state index contributed by atoms with van der Waals surface area (Å²) in [7, 11) is 0. The summed E-state index contributed by atoms with van der Waals surface area (Å²) in [5.74, 6) is 1.30. The van der Waals surface area contributed by atoms with Crippen molar-refractivity contribution in [1.82, 2.24) is 5.32 Å². The molecule has 1 fully saturated rings. The summed E-state index contributed by atoms with van der Waals surface area (Å²) in [4.78, 5) is 0. The van der Waals surface area contributed by atoms with E-state index in [9.17, 15) is 5.11 Å². The summed E-state index contributed by atoms with van der Waals surface area (Å²) in [6, 6.07) is 0.970. The average Bonchev–Trinajstić information content (AvgIpc) is 2.77. The van der Waals surface area contributed by atoms with Crippen LogP contribution in [-0.4, -0.2) is 23.8 Å². The van der Waals surface area contributed by atoms with Crippen LogP contribution in [0.5, 0.6) is 0 Å². The van der Waals surface area contributed by atoms with E-state index in [1.165, 1.54) is 37.7 Å². The standard InChI is InChI=1S/C15H27NO/c1-11-7-12(2)9-13(8-11)15(10-17)16-14-5-3-4-6-14/h7,11,13-17H,3-6,8-10H2,1-2H3. The first-order valence-electron chi connectivity index (χ1n) is 7.23. The minimum absolute atomic E-state index is 0.293. The van der Waals surface area contributed by atoms with Crippen LogP contribution in [0.2, 0.25) is 0 Å². The highest BCUT2D eigenvalue weighted by atomic mass is 16.3. The molecule has 0 bridgehead atoms. The Morgan fingerprint density at radius 1 is 1.41 bits per heavy atom. The Hall–Kier alpha value is -0.340. The highest BCUT2D eigenvalue weighted by Gasteiger charge is 2.28. The number of nitrogens with one attached hydrogen (secondary N) is 1. The molecule has 0 heterocycles. The van der Waals surface area contributed by atoms with Gasteiger partial charge < -0.3 is 10.4 Å². The third-order valence-corrected chi connectivity index (χ3v) is 4.40. The zero-order valence-electron chi connectivity index (χ0n) is 11.3. The Morgan fingerprint density at radius 2 is 2.12 bits per heavy atom. The van der Waals surface area contributed by atoms with Crippen molar-refractivity contribution >= 4 is 0 Å². The Balaban J connectivity index is 1.91. The topological polar surface area (TPSA) is 32.3 Å². The van der Waals surface area contributed by atoms with Crippen LogP contribution >= 0.6 is 0 Å². The molecule has 2 aliphatic carbocycles. The number of allylic oxidation sites excluding steroid dienone is 2. The van der Waals surface area contributed by atoms with E-state index in [1.54, 1.807) is 0 Å². The molecule has 0 amide bonds. The second-order valence-electron chi connectivity index (χ2n) is 6.13. The van der Waals surface area contributed by atoms with Gasteiger partial charge in [0.25, 0.3) is 0 Å². The van der Waals surface area contributed by atoms with E-state index in [0.29, 0.717) is 30.5 Å². The first-order valence-corrected chi connectivity index (χ1v) is 7.23. The van der Waals surface area contributed by atoms with E-state index in [4.69, 9.17) is 0 Å². The zero-order chi connectivity index (χ0) is 12.3. The third-order valence-electron chi connectivity index (χ3n) is 4.40. The summed E-state index contributed by atoms with van der Waals surface area (Å²) in [5, 5.41) is 13.3. The molecule has 1 saturated carbocycles. The lowest BCUT2D eigenvalue weighted by Gasteiger charge is -2.33. The molecule has 2 heteroatoms. The SMILES string of the molecule is CC1=CC(C)CC(C(CO)NC2CCCC2)C1. The maximum atomic E-state index is 9.63. The molecule has 0 aliphatic heterocycles. The first kappa shape index (κ1) is 13.1. The molecule has 3 unspecified atom stereocenters. The van der Waals surface area contributed by atoms with E-state index in [0.717, 1.165) is 6.42 Å².